The molecule has 25 heavy (non-hydrogen) atoms. The van der Waals surface area contributed by atoms with E-state index in [-0.39, 0.29) is 5.91 Å². The highest BCUT2D eigenvalue weighted by Gasteiger charge is 2.20. The highest BCUT2D eigenvalue weighted by atomic mass is 32.2. The molecule has 0 spiro atoms. The molecular weight excluding hydrogens is 342 g/mol. The molecule has 2 aromatic heterocycles. The Morgan fingerprint density at radius 2 is 2.20 bits per heavy atom. The second-order valence-corrected chi connectivity index (χ2v) is 6.54. The van der Waals surface area contributed by atoms with Crippen molar-refractivity contribution in [2.75, 3.05) is 12.4 Å². The summed E-state index contributed by atoms with van der Waals surface area (Å²) in [5, 5.41) is 14.7. The zero-order chi connectivity index (χ0) is 17.8. The van der Waals surface area contributed by atoms with Crippen LogP contribution >= 0.6 is 11.8 Å². The smallest absolute Gasteiger partial charge is 0.238 e. The third-order valence-corrected chi connectivity index (χ3v) is 4.45. The highest BCUT2D eigenvalue weighted by Crippen LogP contribution is 2.29. The van der Waals surface area contributed by atoms with Crippen molar-refractivity contribution >= 4 is 23.5 Å². The molecule has 130 valence electrons. The van der Waals surface area contributed by atoms with Gasteiger partial charge in [0.05, 0.1) is 18.0 Å². The summed E-state index contributed by atoms with van der Waals surface area (Å²) in [6, 6.07) is 9.19. The number of nitrogens with zero attached hydrogens (tertiary/aromatic N) is 4. The van der Waals surface area contributed by atoms with Gasteiger partial charge in [-0.3, -0.25) is 9.36 Å². The molecule has 0 saturated heterocycles. The maximum Gasteiger partial charge on any atom is 0.238 e. The first-order valence-electron chi connectivity index (χ1n) is 7.52. The van der Waals surface area contributed by atoms with Gasteiger partial charge in [0.15, 0.2) is 11.0 Å². The SMILES string of the molecule is COc1ccccc1-n1cnnc1SC(C)C(=O)Nc1cc(C)on1. The number of amides is 1. The zero-order valence-corrected chi connectivity index (χ0v) is 14.8. The van der Waals surface area contributed by atoms with Gasteiger partial charge in [0.25, 0.3) is 0 Å². The number of carbonyl (C=O) groups is 1. The molecule has 0 saturated carbocycles. The van der Waals surface area contributed by atoms with E-state index in [4.69, 9.17) is 9.26 Å². The van der Waals surface area contributed by atoms with Crippen molar-refractivity contribution in [2.45, 2.75) is 24.3 Å². The summed E-state index contributed by atoms with van der Waals surface area (Å²) < 4.78 is 12.1. The maximum absolute atomic E-state index is 12.3. The van der Waals surface area contributed by atoms with E-state index in [0.29, 0.717) is 22.5 Å². The first-order valence-corrected chi connectivity index (χ1v) is 8.40. The van der Waals surface area contributed by atoms with Crippen LogP contribution in [0.4, 0.5) is 5.82 Å². The monoisotopic (exact) mass is 359 g/mol. The maximum atomic E-state index is 12.3. The van der Waals surface area contributed by atoms with Crippen LogP contribution in [0.1, 0.15) is 12.7 Å². The van der Waals surface area contributed by atoms with E-state index < -0.39 is 5.25 Å². The molecule has 1 aromatic carbocycles. The number of anilines is 1. The van der Waals surface area contributed by atoms with Crippen LogP contribution < -0.4 is 10.1 Å². The Hall–Kier alpha value is -2.81. The lowest BCUT2D eigenvalue weighted by atomic mass is 10.3. The van der Waals surface area contributed by atoms with Crippen LogP contribution in [0, 0.1) is 6.92 Å². The first kappa shape index (κ1) is 17.0. The fourth-order valence-corrected chi connectivity index (χ4v) is 3.00. The Kier molecular flexibility index (Phi) is 5.03. The summed E-state index contributed by atoms with van der Waals surface area (Å²) >= 11 is 1.29. The van der Waals surface area contributed by atoms with Gasteiger partial charge < -0.3 is 14.6 Å². The normalized spacial score (nSPS) is 12.0. The largest absolute Gasteiger partial charge is 0.495 e. The van der Waals surface area contributed by atoms with Gasteiger partial charge >= 0.3 is 0 Å². The van der Waals surface area contributed by atoms with Crippen molar-refractivity contribution in [3.05, 3.63) is 42.4 Å². The van der Waals surface area contributed by atoms with Crippen molar-refractivity contribution in [1.29, 1.82) is 0 Å². The minimum Gasteiger partial charge on any atom is -0.495 e. The number of aryl methyl sites for hydroxylation is 1. The Morgan fingerprint density at radius 1 is 1.40 bits per heavy atom. The molecule has 1 amide bonds. The molecule has 2 heterocycles. The average Bonchev–Trinajstić information content (AvgIpc) is 3.23. The number of para-hydroxylation sites is 2. The molecule has 0 radical (unpaired) electrons. The molecule has 3 aromatic rings. The number of rotatable bonds is 6. The molecule has 0 aliphatic carbocycles. The zero-order valence-electron chi connectivity index (χ0n) is 14.0. The second-order valence-electron chi connectivity index (χ2n) is 5.23. The second kappa shape index (κ2) is 7.39. The van der Waals surface area contributed by atoms with E-state index in [1.807, 2.05) is 24.3 Å². The quantitative estimate of drug-likeness (QED) is 0.676. The predicted octanol–water partition coefficient (Wildman–Crippen LogP) is 2.69. The lowest BCUT2D eigenvalue weighted by Crippen LogP contribution is -2.23. The summed E-state index contributed by atoms with van der Waals surface area (Å²) in [5.41, 5.74) is 0.803. The number of carbonyl (C=O) groups excluding carboxylic acids is 1. The minimum absolute atomic E-state index is 0.201. The Balaban J connectivity index is 1.75. The van der Waals surface area contributed by atoms with Gasteiger partial charge in [0, 0.05) is 6.07 Å². The number of nitrogens with one attached hydrogen (secondary N) is 1. The molecule has 0 aliphatic heterocycles. The van der Waals surface area contributed by atoms with Gasteiger partial charge in [-0.25, -0.2) is 0 Å². The first-order chi connectivity index (χ1) is 12.1. The summed E-state index contributed by atoms with van der Waals surface area (Å²) in [6.45, 7) is 3.55. The lowest BCUT2D eigenvalue weighted by Gasteiger charge is -2.13. The number of hydrogen-bond acceptors (Lipinski definition) is 7. The van der Waals surface area contributed by atoms with E-state index in [1.54, 1.807) is 37.9 Å². The molecule has 9 heteroatoms. The number of benzene rings is 1. The molecular formula is C16H17N5O3S. The molecule has 0 fully saturated rings. The van der Waals surface area contributed by atoms with Crippen LogP contribution in [0.25, 0.3) is 5.69 Å². The van der Waals surface area contributed by atoms with Crippen LogP contribution in [-0.4, -0.2) is 38.2 Å². The topological polar surface area (TPSA) is 95.1 Å². The number of thioether (sulfide) groups is 1. The highest BCUT2D eigenvalue weighted by molar-refractivity contribution is 8.00. The van der Waals surface area contributed by atoms with E-state index in [9.17, 15) is 4.79 Å². The molecule has 8 nitrogen and oxygen atoms in total. The van der Waals surface area contributed by atoms with Crippen molar-refractivity contribution in [1.82, 2.24) is 19.9 Å². The van der Waals surface area contributed by atoms with Crippen molar-refractivity contribution in [3.8, 4) is 11.4 Å². The summed E-state index contributed by atoms with van der Waals surface area (Å²) in [6.07, 6.45) is 1.59. The standard InChI is InChI=1S/C16H17N5O3S/c1-10-8-14(20-24-10)18-15(22)11(2)25-16-19-17-9-21(16)12-6-4-5-7-13(12)23-3/h4-9,11H,1-3H3,(H,18,20,22). The lowest BCUT2D eigenvalue weighted by molar-refractivity contribution is -0.115. The molecule has 0 aliphatic rings. The van der Waals surface area contributed by atoms with Crippen LogP contribution in [0.3, 0.4) is 0 Å². The molecule has 0 bridgehead atoms. The van der Waals surface area contributed by atoms with Crippen molar-refractivity contribution in [3.63, 3.8) is 0 Å². The minimum atomic E-state index is -0.408. The number of methoxy groups -OCH3 is 1. The number of hydrogen-bond donors (Lipinski definition) is 1. The average molecular weight is 359 g/mol. The predicted molar refractivity (Wildman–Crippen MR) is 93.1 cm³/mol. The number of ether oxygens (including phenoxy) is 1. The molecule has 1 unspecified atom stereocenters. The van der Waals surface area contributed by atoms with E-state index in [2.05, 4.69) is 20.7 Å². The van der Waals surface area contributed by atoms with Gasteiger partial charge in [-0.15, -0.1) is 10.2 Å². The third-order valence-electron chi connectivity index (χ3n) is 3.39. The van der Waals surface area contributed by atoms with Gasteiger partial charge in [0.1, 0.15) is 17.8 Å². The Morgan fingerprint density at radius 3 is 2.92 bits per heavy atom. The third kappa shape index (κ3) is 3.82. The van der Waals surface area contributed by atoms with Crippen molar-refractivity contribution in [2.24, 2.45) is 0 Å². The van der Waals surface area contributed by atoms with Gasteiger partial charge in [-0.05, 0) is 26.0 Å². The Bertz CT molecular complexity index is 876. The molecule has 3 rings (SSSR count). The summed E-state index contributed by atoms with van der Waals surface area (Å²) in [5.74, 6) is 1.51. The van der Waals surface area contributed by atoms with E-state index in [1.165, 1.54) is 11.8 Å². The molecule has 1 atom stereocenters. The Labute approximate surface area is 148 Å². The fourth-order valence-electron chi connectivity index (χ4n) is 2.16. The van der Waals surface area contributed by atoms with Crippen LogP contribution in [-0.2, 0) is 4.79 Å². The van der Waals surface area contributed by atoms with Gasteiger partial charge in [0.2, 0.25) is 5.91 Å². The summed E-state index contributed by atoms with van der Waals surface area (Å²) in [4.78, 5) is 12.3. The van der Waals surface area contributed by atoms with E-state index >= 15 is 0 Å². The van der Waals surface area contributed by atoms with E-state index in [0.717, 1.165) is 5.69 Å². The fraction of sp³-hybridized carbons (Fsp3) is 0.250. The van der Waals surface area contributed by atoms with Crippen LogP contribution in [0.15, 0.2) is 46.3 Å². The molecule has 1 N–H and O–H groups in total. The van der Waals surface area contributed by atoms with Crippen LogP contribution in [0.5, 0.6) is 5.75 Å². The van der Waals surface area contributed by atoms with Gasteiger partial charge in [-0.2, -0.15) is 0 Å². The van der Waals surface area contributed by atoms with Crippen molar-refractivity contribution < 1.29 is 14.1 Å². The van der Waals surface area contributed by atoms with Crippen LogP contribution in [0.2, 0.25) is 0 Å². The van der Waals surface area contributed by atoms with Gasteiger partial charge in [-0.1, -0.05) is 29.1 Å². The number of aromatic nitrogens is 4. The summed E-state index contributed by atoms with van der Waals surface area (Å²) in [7, 11) is 1.60.